The van der Waals surface area contributed by atoms with E-state index < -0.39 is 0 Å². The summed E-state index contributed by atoms with van der Waals surface area (Å²) in [6.45, 7) is 7.72. The molecule has 1 saturated carbocycles. The summed E-state index contributed by atoms with van der Waals surface area (Å²) in [4.78, 5) is 0. The molecule has 0 amide bonds. The van der Waals surface area contributed by atoms with Gasteiger partial charge in [-0.25, -0.2) is 0 Å². The molecule has 0 aromatic heterocycles. The summed E-state index contributed by atoms with van der Waals surface area (Å²) in [6, 6.07) is 15.5. The van der Waals surface area contributed by atoms with Crippen LogP contribution >= 0.6 is 0 Å². The Morgan fingerprint density at radius 1 is 1.17 bits per heavy atom. The van der Waals surface area contributed by atoms with Crippen molar-refractivity contribution in [1.29, 1.82) is 0 Å². The maximum atomic E-state index is 5.31. The Kier molecular flexibility index (Phi) is 4.72. The lowest BCUT2D eigenvalue weighted by molar-refractivity contribution is 0.413. The molecule has 0 spiro atoms. The molecule has 1 N–H and O–H groups in total. The molecule has 23 heavy (non-hydrogen) atoms. The van der Waals surface area contributed by atoms with E-state index in [1.54, 1.807) is 12.7 Å². The number of hydrogen-bond acceptors (Lipinski definition) is 2. The van der Waals surface area contributed by atoms with Crippen molar-refractivity contribution in [1.82, 2.24) is 5.32 Å². The van der Waals surface area contributed by atoms with Gasteiger partial charge in [-0.1, -0.05) is 35.9 Å². The molecule has 0 aliphatic heterocycles. The minimum absolute atomic E-state index is 0.352. The van der Waals surface area contributed by atoms with Crippen LogP contribution in [0.1, 0.15) is 47.6 Å². The van der Waals surface area contributed by atoms with Crippen LogP contribution in [0.3, 0.4) is 0 Å². The van der Waals surface area contributed by atoms with Gasteiger partial charge in [0.1, 0.15) is 5.75 Å². The molecule has 2 aromatic rings. The van der Waals surface area contributed by atoms with Crippen LogP contribution < -0.4 is 10.1 Å². The van der Waals surface area contributed by atoms with E-state index in [0.29, 0.717) is 6.04 Å². The Morgan fingerprint density at radius 3 is 2.78 bits per heavy atom. The Morgan fingerprint density at radius 2 is 2.00 bits per heavy atom. The maximum Gasteiger partial charge on any atom is 0.119 e. The number of ether oxygens (including phenoxy) is 1. The van der Waals surface area contributed by atoms with E-state index in [1.807, 2.05) is 6.07 Å². The van der Waals surface area contributed by atoms with Crippen LogP contribution in [0.15, 0.2) is 42.5 Å². The van der Waals surface area contributed by atoms with Gasteiger partial charge in [0.2, 0.25) is 0 Å². The highest BCUT2D eigenvalue weighted by Crippen LogP contribution is 2.48. The second-order valence-corrected chi connectivity index (χ2v) is 6.87. The van der Waals surface area contributed by atoms with Crippen molar-refractivity contribution in [3.63, 3.8) is 0 Å². The fourth-order valence-electron chi connectivity index (χ4n) is 3.37. The number of nitrogens with one attached hydrogen (secondary N) is 1. The summed E-state index contributed by atoms with van der Waals surface area (Å²) < 4.78 is 5.31. The van der Waals surface area contributed by atoms with Crippen LogP contribution in [-0.2, 0) is 0 Å². The first-order valence-electron chi connectivity index (χ1n) is 8.53. The van der Waals surface area contributed by atoms with Gasteiger partial charge in [-0.15, -0.1) is 0 Å². The predicted molar refractivity (Wildman–Crippen MR) is 96.2 cm³/mol. The van der Waals surface area contributed by atoms with E-state index in [1.165, 1.54) is 23.1 Å². The number of methoxy groups -OCH3 is 1. The summed E-state index contributed by atoms with van der Waals surface area (Å²) in [7, 11) is 1.72. The first-order valence-corrected chi connectivity index (χ1v) is 8.53. The fourth-order valence-corrected chi connectivity index (χ4v) is 3.37. The SMILES string of the molecule is COc1cccc([C@@H](C)NCC2CC2c2cc(C)ccc2C)c1. The highest BCUT2D eigenvalue weighted by molar-refractivity contribution is 5.37. The van der Waals surface area contributed by atoms with Gasteiger partial charge in [0.15, 0.2) is 0 Å². The van der Waals surface area contributed by atoms with Crippen LogP contribution in [0.25, 0.3) is 0 Å². The molecular formula is C21H27NO. The molecular weight excluding hydrogens is 282 g/mol. The van der Waals surface area contributed by atoms with Crippen LogP contribution in [0.5, 0.6) is 5.75 Å². The third-order valence-corrected chi connectivity index (χ3v) is 5.04. The molecule has 3 rings (SSSR count). The van der Waals surface area contributed by atoms with Gasteiger partial charge in [0.05, 0.1) is 7.11 Å². The molecule has 2 nitrogen and oxygen atoms in total. The van der Waals surface area contributed by atoms with E-state index in [4.69, 9.17) is 4.74 Å². The zero-order chi connectivity index (χ0) is 16.4. The first-order chi connectivity index (χ1) is 11.1. The summed E-state index contributed by atoms with van der Waals surface area (Å²) in [5.74, 6) is 2.43. The monoisotopic (exact) mass is 309 g/mol. The van der Waals surface area contributed by atoms with Crippen molar-refractivity contribution >= 4 is 0 Å². The van der Waals surface area contributed by atoms with Crippen molar-refractivity contribution in [3.8, 4) is 5.75 Å². The van der Waals surface area contributed by atoms with Crippen molar-refractivity contribution in [2.45, 2.75) is 39.2 Å². The Bertz CT molecular complexity index is 679. The average molecular weight is 309 g/mol. The minimum Gasteiger partial charge on any atom is -0.497 e. The molecule has 0 bridgehead atoms. The molecule has 1 aliphatic rings. The first kappa shape index (κ1) is 16.1. The van der Waals surface area contributed by atoms with Crippen molar-refractivity contribution in [3.05, 3.63) is 64.7 Å². The van der Waals surface area contributed by atoms with E-state index in [2.05, 4.69) is 62.5 Å². The van der Waals surface area contributed by atoms with Crippen LogP contribution in [0.4, 0.5) is 0 Å². The van der Waals surface area contributed by atoms with E-state index in [9.17, 15) is 0 Å². The lowest BCUT2D eigenvalue weighted by Gasteiger charge is -2.15. The quantitative estimate of drug-likeness (QED) is 0.830. The number of hydrogen-bond donors (Lipinski definition) is 1. The summed E-state index contributed by atoms with van der Waals surface area (Å²) in [5.41, 5.74) is 5.64. The third kappa shape index (κ3) is 3.76. The molecule has 1 fully saturated rings. The minimum atomic E-state index is 0.352. The number of benzene rings is 2. The summed E-state index contributed by atoms with van der Waals surface area (Å²) in [5, 5.41) is 3.69. The van der Waals surface area contributed by atoms with Gasteiger partial charge in [-0.2, -0.15) is 0 Å². The second kappa shape index (κ2) is 6.76. The molecule has 0 radical (unpaired) electrons. The molecule has 0 heterocycles. The second-order valence-electron chi connectivity index (χ2n) is 6.87. The van der Waals surface area contributed by atoms with Gasteiger partial charge in [-0.3, -0.25) is 0 Å². The lowest BCUT2D eigenvalue weighted by atomic mass is 10.0. The molecule has 2 heteroatoms. The van der Waals surface area contributed by atoms with Crippen LogP contribution in [0.2, 0.25) is 0 Å². The Balaban J connectivity index is 1.56. The Labute approximate surface area is 139 Å². The van der Waals surface area contributed by atoms with Crippen LogP contribution in [-0.4, -0.2) is 13.7 Å². The van der Waals surface area contributed by atoms with Gasteiger partial charge < -0.3 is 10.1 Å². The molecule has 3 atom stereocenters. The van der Waals surface area contributed by atoms with Gasteiger partial charge in [-0.05, 0) is 74.4 Å². The average Bonchev–Trinajstić information content (AvgIpc) is 3.34. The molecule has 2 unspecified atom stereocenters. The highest BCUT2D eigenvalue weighted by atomic mass is 16.5. The topological polar surface area (TPSA) is 21.3 Å². The standard InChI is InChI=1S/C21H27NO/c1-14-8-9-15(2)20(10-14)21-12-18(21)13-22-16(3)17-6-5-7-19(11-17)23-4/h5-11,16,18,21-22H,12-13H2,1-4H3/t16-,18?,21?/m1/s1. The number of aryl methyl sites for hydroxylation is 2. The highest BCUT2D eigenvalue weighted by Gasteiger charge is 2.38. The lowest BCUT2D eigenvalue weighted by Crippen LogP contribution is -2.21. The van der Waals surface area contributed by atoms with E-state index in [-0.39, 0.29) is 0 Å². The molecule has 1 aliphatic carbocycles. The summed E-state index contributed by atoms with van der Waals surface area (Å²) in [6.07, 6.45) is 1.31. The van der Waals surface area contributed by atoms with E-state index >= 15 is 0 Å². The zero-order valence-corrected chi connectivity index (χ0v) is 14.6. The van der Waals surface area contributed by atoms with Crippen molar-refractivity contribution in [2.75, 3.05) is 13.7 Å². The maximum absolute atomic E-state index is 5.31. The fraction of sp³-hybridized carbons (Fsp3) is 0.429. The van der Waals surface area contributed by atoms with Gasteiger partial charge in [0.25, 0.3) is 0 Å². The van der Waals surface area contributed by atoms with Gasteiger partial charge >= 0.3 is 0 Å². The van der Waals surface area contributed by atoms with Gasteiger partial charge in [0, 0.05) is 6.04 Å². The Hall–Kier alpha value is -1.80. The normalized spacial score (nSPS) is 21.0. The molecule has 0 saturated heterocycles. The van der Waals surface area contributed by atoms with Crippen molar-refractivity contribution < 1.29 is 4.74 Å². The summed E-state index contributed by atoms with van der Waals surface area (Å²) >= 11 is 0. The van der Waals surface area contributed by atoms with Crippen LogP contribution in [0, 0.1) is 19.8 Å². The smallest absolute Gasteiger partial charge is 0.119 e. The van der Waals surface area contributed by atoms with Crippen molar-refractivity contribution in [2.24, 2.45) is 5.92 Å². The molecule has 122 valence electrons. The zero-order valence-electron chi connectivity index (χ0n) is 14.6. The third-order valence-electron chi connectivity index (χ3n) is 5.04. The number of rotatable bonds is 6. The largest absolute Gasteiger partial charge is 0.497 e. The predicted octanol–water partition coefficient (Wildman–Crippen LogP) is 4.77. The van der Waals surface area contributed by atoms with E-state index in [0.717, 1.165) is 24.1 Å². The molecule has 2 aromatic carbocycles.